The van der Waals surface area contributed by atoms with Crippen LogP contribution in [0.25, 0.3) is 0 Å². The fraction of sp³-hybridized carbons (Fsp3) is 0.176. The molecule has 1 atom stereocenters. The summed E-state index contributed by atoms with van der Waals surface area (Å²) in [4.78, 5) is 23.9. The zero-order chi connectivity index (χ0) is 15.5. The van der Waals surface area contributed by atoms with Gasteiger partial charge in [0.05, 0.1) is 0 Å². The number of rotatable bonds is 4. The van der Waals surface area contributed by atoms with Gasteiger partial charge in [-0.2, -0.15) is 0 Å². The molecule has 108 valence electrons. The summed E-state index contributed by atoms with van der Waals surface area (Å²) in [6, 6.07) is 15.6. The quantitative estimate of drug-likeness (QED) is 0.906. The number of carbonyl (C=O) groups excluding carboxylic acids is 1. The van der Waals surface area contributed by atoms with E-state index in [9.17, 15) is 14.7 Å². The molecule has 0 radical (unpaired) electrons. The van der Waals surface area contributed by atoms with Crippen molar-refractivity contribution < 1.29 is 14.7 Å². The van der Waals surface area contributed by atoms with Gasteiger partial charge >= 0.3 is 5.97 Å². The van der Waals surface area contributed by atoms with Gasteiger partial charge in [0.2, 0.25) is 0 Å². The van der Waals surface area contributed by atoms with E-state index in [0.717, 1.165) is 5.56 Å². The molecule has 21 heavy (non-hydrogen) atoms. The molecule has 0 aliphatic rings. The molecule has 0 heterocycles. The first-order chi connectivity index (χ1) is 9.93. The Hall–Kier alpha value is -2.62. The molecule has 2 N–H and O–H groups in total. The second-order valence-corrected chi connectivity index (χ2v) is 5.12. The van der Waals surface area contributed by atoms with Gasteiger partial charge in [0.25, 0.3) is 5.91 Å². The average Bonchev–Trinajstić information content (AvgIpc) is 2.48. The Labute approximate surface area is 123 Å². The maximum atomic E-state index is 12.2. The van der Waals surface area contributed by atoms with Crippen molar-refractivity contribution in [1.82, 2.24) is 5.32 Å². The van der Waals surface area contributed by atoms with Gasteiger partial charge in [-0.3, -0.25) is 4.79 Å². The highest BCUT2D eigenvalue weighted by Crippen LogP contribution is 2.22. The van der Waals surface area contributed by atoms with Crippen LogP contribution in [0, 0.1) is 6.92 Å². The molecule has 0 aliphatic heterocycles. The van der Waals surface area contributed by atoms with Crippen LogP contribution >= 0.6 is 0 Å². The molecule has 2 aromatic carbocycles. The van der Waals surface area contributed by atoms with E-state index in [1.807, 2.05) is 19.1 Å². The lowest BCUT2D eigenvalue weighted by molar-refractivity contribution is -0.144. The number of hydrogen-bond acceptors (Lipinski definition) is 2. The van der Waals surface area contributed by atoms with Crippen molar-refractivity contribution in [2.75, 3.05) is 0 Å². The summed E-state index contributed by atoms with van der Waals surface area (Å²) in [6.45, 7) is 3.41. The predicted molar refractivity (Wildman–Crippen MR) is 80.1 cm³/mol. The molecule has 0 saturated carbocycles. The Morgan fingerprint density at radius 3 is 2.10 bits per heavy atom. The van der Waals surface area contributed by atoms with Crippen LogP contribution in [0.4, 0.5) is 0 Å². The summed E-state index contributed by atoms with van der Waals surface area (Å²) in [6.07, 6.45) is 0. The molecule has 1 unspecified atom stereocenters. The first-order valence-corrected chi connectivity index (χ1v) is 6.61. The molecule has 0 bridgehead atoms. The van der Waals surface area contributed by atoms with Gasteiger partial charge in [0.15, 0.2) is 5.54 Å². The largest absolute Gasteiger partial charge is 0.479 e. The number of hydrogen-bond donors (Lipinski definition) is 2. The van der Waals surface area contributed by atoms with Gasteiger partial charge in [0, 0.05) is 5.56 Å². The molecule has 0 fully saturated rings. The molecular weight excluding hydrogens is 266 g/mol. The predicted octanol–water partition coefficient (Wildman–Crippen LogP) is 2.72. The highest BCUT2D eigenvalue weighted by Gasteiger charge is 2.37. The maximum Gasteiger partial charge on any atom is 0.333 e. The van der Waals surface area contributed by atoms with E-state index in [0.29, 0.717) is 11.1 Å². The smallest absolute Gasteiger partial charge is 0.333 e. The SMILES string of the molecule is Cc1ccc(C(C)(NC(=O)c2ccccc2)C(=O)O)cc1. The van der Waals surface area contributed by atoms with E-state index in [4.69, 9.17) is 0 Å². The van der Waals surface area contributed by atoms with E-state index in [-0.39, 0.29) is 0 Å². The summed E-state index contributed by atoms with van der Waals surface area (Å²) >= 11 is 0. The molecular formula is C17H17NO3. The van der Waals surface area contributed by atoms with Crippen LogP contribution in [-0.4, -0.2) is 17.0 Å². The molecule has 2 rings (SSSR count). The second kappa shape index (κ2) is 5.79. The fourth-order valence-electron chi connectivity index (χ4n) is 2.02. The first-order valence-electron chi connectivity index (χ1n) is 6.61. The number of amides is 1. The third-order valence-corrected chi connectivity index (χ3v) is 3.46. The normalized spacial score (nSPS) is 13.2. The van der Waals surface area contributed by atoms with Crippen LogP contribution in [0.3, 0.4) is 0 Å². The number of nitrogens with one attached hydrogen (secondary N) is 1. The molecule has 0 aliphatic carbocycles. The van der Waals surface area contributed by atoms with E-state index in [1.165, 1.54) is 6.92 Å². The van der Waals surface area contributed by atoms with Gasteiger partial charge in [0.1, 0.15) is 0 Å². The number of carboxylic acid groups (broad SMARTS) is 1. The summed E-state index contributed by atoms with van der Waals surface area (Å²) in [5.41, 5.74) is 0.517. The van der Waals surface area contributed by atoms with Crippen molar-refractivity contribution in [1.29, 1.82) is 0 Å². The first kappa shape index (κ1) is 14.8. The van der Waals surface area contributed by atoms with Crippen molar-refractivity contribution in [2.45, 2.75) is 19.4 Å². The van der Waals surface area contributed by atoms with E-state index in [1.54, 1.807) is 42.5 Å². The lowest BCUT2D eigenvalue weighted by atomic mass is 9.91. The van der Waals surface area contributed by atoms with Gasteiger partial charge in [-0.25, -0.2) is 4.79 Å². The Kier molecular flexibility index (Phi) is 4.08. The number of carbonyl (C=O) groups is 2. The minimum absolute atomic E-state index is 0.416. The number of benzene rings is 2. The monoisotopic (exact) mass is 283 g/mol. The molecule has 1 amide bonds. The lowest BCUT2D eigenvalue weighted by Crippen LogP contribution is -2.49. The van der Waals surface area contributed by atoms with Crippen LogP contribution in [-0.2, 0) is 10.3 Å². The second-order valence-electron chi connectivity index (χ2n) is 5.12. The van der Waals surface area contributed by atoms with E-state index >= 15 is 0 Å². The van der Waals surface area contributed by atoms with Crippen molar-refractivity contribution in [3.8, 4) is 0 Å². The Balaban J connectivity index is 2.33. The number of aliphatic carboxylic acids is 1. The van der Waals surface area contributed by atoms with Crippen LogP contribution in [0.1, 0.15) is 28.4 Å². The van der Waals surface area contributed by atoms with Crippen molar-refractivity contribution in [3.63, 3.8) is 0 Å². The highest BCUT2D eigenvalue weighted by atomic mass is 16.4. The van der Waals surface area contributed by atoms with Crippen LogP contribution < -0.4 is 5.32 Å². The topological polar surface area (TPSA) is 66.4 Å². The Bertz CT molecular complexity index is 649. The van der Waals surface area contributed by atoms with Crippen LogP contribution in [0.2, 0.25) is 0 Å². The standard InChI is InChI=1S/C17H17NO3/c1-12-8-10-14(11-9-12)17(2,16(20)21)18-15(19)13-6-4-3-5-7-13/h3-11H,1-2H3,(H,18,19)(H,20,21). The highest BCUT2D eigenvalue weighted by molar-refractivity contribution is 5.98. The molecule has 2 aromatic rings. The summed E-state index contributed by atoms with van der Waals surface area (Å²) < 4.78 is 0. The van der Waals surface area contributed by atoms with Gasteiger partial charge in [-0.1, -0.05) is 48.0 Å². The van der Waals surface area contributed by atoms with Crippen molar-refractivity contribution in [3.05, 3.63) is 71.3 Å². The van der Waals surface area contributed by atoms with Gasteiger partial charge < -0.3 is 10.4 Å². The van der Waals surface area contributed by atoms with Gasteiger partial charge in [-0.15, -0.1) is 0 Å². The molecule has 4 heteroatoms. The van der Waals surface area contributed by atoms with Crippen molar-refractivity contribution in [2.24, 2.45) is 0 Å². The zero-order valence-electron chi connectivity index (χ0n) is 12.0. The van der Waals surface area contributed by atoms with Crippen molar-refractivity contribution >= 4 is 11.9 Å². The third kappa shape index (κ3) is 3.11. The number of carboxylic acids is 1. The van der Waals surface area contributed by atoms with E-state index < -0.39 is 17.4 Å². The Morgan fingerprint density at radius 1 is 1.00 bits per heavy atom. The summed E-state index contributed by atoms with van der Waals surface area (Å²) in [5, 5.41) is 12.1. The lowest BCUT2D eigenvalue weighted by Gasteiger charge is -2.27. The number of aryl methyl sites for hydroxylation is 1. The average molecular weight is 283 g/mol. The molecule has 0 saturated heterocycles. The van der Waals surface area contributed by atoms with Crippen LogP contribution in [0.5, 0.6) is 0 Å². The zero-order valence-corrected chi connectivity index (χ0v) is 12.0. The third-order valence-electron chi connectivity index (χ3n) is 3.46. The maximum absolute atomic E-state index is 12.2. The molecule has 0 spiro atoms. The minimum atomic E-state index is -1.47. The minimum Gasteiger partial charge on any atom is -0.479 e. The summed E-state index contributed by atoms with van der Waals surface area (Å²) in [5.74, 6) is -1.52. The van der Waals surface area contributed by atoms with E-state index in [2.05, 4.69) is 5.32 Å². The van der Waals surface area contributed by atoms with Crippen LogP contribution in [0.15, 0.2) is 54.6 Å². The summed E-state index contributed by atoms with van der Waals surface area (Å²) in [7, 11) is 0. The van der Waals surface area contributed by atoms with Gasteiger partial charge in [-0.05, 0) is 31.5 Å². The molecule has 4 nitrogen and oxygen atoms in total. The molecule has 0 aromatic heterocycles. The Morgan fingerprint density at radius 2 is 1.57 bits per heavy atom. The fourth-order valence-corrected chi connectivity index (χ4v) is 2.02.